The van der Waals surface area contributed by atoms with Crippen molar-refractivity contribution in [2.75, 3.05) is 19.6 Å². The van der Waals surface area contributed by atoms with Gasteiger partial charge >= 0.3 is 0 Å². The van der Waals surface area contributed by atoms with Crippen molar-refractivity contribution in [3.8, 4) is 0 Å². The largest absolute Gasteiger partial charge is 0.334 e. The Morgan fingerprint density at radius 3 is 3.00 bits per heavy atom. The molecule has 1 aromatic heterocycles. The molecule has 0 bridgehead atoms. The zero-order valence-corrected chi connectivity index (χ0v) is 12.7. The first kappa shape index (κ1) is 13.9. The van der Waals surface area contributed by atoms with Gasteiger partial charge in [0, 0.05) is 31.7 Å². The molecule has 2 aliphatic rings. The molecular formula is C14H21ClN4O. The number of amides is 1. The molecule has 1 amide bonds. The van der Waals surface area contributed by atoms with E-state index in [9.17, 15) is 4.79 Å². The summed E-state index contributed by atoms with van der Waals surface area (Å²) in [5, 5.41) is 8.09. The molecule has 1 aromatic rings. The van der Waals surface area contributed by atoms with Gasteiger partial charge in [0.15, 0.2) is 0 Å². The monoisotopic (exact) mass is 296 g/mol. The third kappa shape index (κ3) is 2.23. The van der Waals surface area contributed by atoms with Crippen molar-refractivity contribution in [1.29, 1.82) is 0 Å². The fraction of sp³-hybridized carbons (Fsp3) is 0.714. The van der Waals surface area contributed by atoms with E-state index >= 15 is 0 Å². The highest BCUT2D eigenvalue weighted by atomic mass is 35.5. The number of nitrogens with one attached hydrogen (secondary N) is 1. The van der Waals surface area contributed by atoms with Gasteiger partial charge in [0.2, 0.25) is 0 Å². The van der Waals surface area contributed by atoms with E-state index < -0.39 is 0 Å². The molecule has 2 atom stereocenters. The van der Waals surface area contributed by atoms with Gasteiger partial charge in [0.25, 0.3) is 5.91 Å². The second-order valence-corrected chi connectivity index (χ2v) is 6.37. The summed E-state index contributed by atoms with van der Waals surface area (Å²) in [7, 11) is 0. The van der Waals surface area contributed by atoms with Crippen LogP contribution in [-0.4, -0.2) is 46.3 Å². The van der Waals surface area contributed by atoms with Gasteiger partial charge in [-0.3, -0.25) is 9.48 Å². The number of halogens is 1. The van der Waals surface area contributed by atoms with Gasteiger partial charge in [-0.1, -0.05) is 11.6 Å². The minimum absolute atomic E-state index is 0.0281. The van der Waals surface area contributed by atoms with Crippen LogP contribution in [0.25, 0.3) is 0 Å². The van der Waals surface area contributed by atoms with Crippen LogP contribution in [0.3, 0.4) is 0 Å². The molecule has 2 fully saturated rings. The fourth-order valence-corrected chi connectivity index (χ4v) is 3.69. The van der Waals surface area contributed by atoms with Gasteiger partial charge in [0.05, 0.1) is 11.8 Å². The summed E-state index contributed by atoms with van der Waals surface area (Å²) < 4.78 is 1.70. The van der Waals surface area contributed by atoms with Crippen molar-refractivity contribution in [1.82, 2.24) is 20.0 Å². The first-order valence-corrected chi connectivity index (χ1v) is 7.72. The number of hydrogen-bond acceptors (Lipinski definition) is 3. The molecule has 3 heterocycles. The van der Waals surface area contributed by atoms with Gasteiger partial charge in [-0.25, -0.2) is 0 Å². The Bertz CT molecular complexity index is 513. The van der Waals surface area contributed by atoms with Crippen molar-refractivity contribution in [3.63, 3.8) is 0 Å². The average molecular weight is 297 g/mol. The summed E-state index contributed by atoms with van der Waals surface area (Å²) in [6.07, 6.45) is 3.89. The first-order valence-electron chi connectivity index (χ1n) is 7.34. The van der Waals surface area contributed by atoms with Crippen molar-refractivity contribution < 1.29 is 4.79 Å². The lowest BCUT2D eigenvalue weighted by Crippen LogP contribution is -2.48. The van der Waals surface area contributed by atoms with Crippen LogP contribution in [0.15, 0.2) is 6.20 Å². The smallest absolute Gasteiger partial charge is 0.258 e. The van der Waals surface area contributed by atoms with E-state index in [1.54, 1.807) is 10.9 Å². The summed E-state index contributed by atoms with van der Waals surface area (Å²) in [6, 6.07) is 0.473. The van der Waals surface area contributed by atoms with Crippen molar-refractivity contribution in [3.05, 3.63) is 16.9 Å². The van der Waals surface area contributed by atoms with Crippen molar-refractivity contribution >= 4 is 17.5 Å². The molecule has 6 heteroatoms. The molecule has 3 rings (SSSR count). The summed E-state index contributed by atoms with van der Waals surface area (Å²) >= 11 is 6.31. The molecule has 5 nitrogen and oxygen atoms in total. The van der Waals surface area contributed by atoms with Crippen molar-refractivity contribution in [2.45, 2.75) is 38.8 Å². The Labute approximate surface area is 124 Å². The maximum absolute atomic E-state index is 12.8. The fourth-order valence-electron chi connectivity index (χ4n) is 3.33. The molecule has 0 radical (unpaired) electrons. The average Bonchev–Trinajstić information content (AvgIpc) is 3.03. The lowest BCUT2D eigenvalue weighted by molar-refractivity contribution is 0.0575. The Kier molecular flexibility index (Phi) is 3.73. The van der Waals surface area contributed by atoms with Gasteiger partial charge in [-0.05, 0) is 32.6 Å². The normalized spacial score (nSPS) is 26.1. The highest BCUT2D eigenvalue weighted by molar-refractivity contribution is 6.32. The number of piperidine rings is 1. The maximum atomic E-state index is 12.8. The molecular weight excluding hydrogens is 276 g/mol. The first-order chi connectivity index (χ1) is 9.59. The van der Waals surface area contributed by atoms with Crippen LogP contribution in [0, 0.1) is 5.92 Å². The Balaban J connectivity index is 1.85. The summed E-state index contributed by atoms with van der Waals surface area (Å²) in [6.45, 7) is 6.75. The van der Waals surface area contributed by atoms with Crippen LogP contribution in [0.1, 0.15) is 43.1 Å². The van der Waals surface area contributed by atoms with E-state index in [0.717, 1.165) is 26.1 Å². The van der Waals surface area contributed by atoms with E-state index in [1.807, 2.05) is 18.7 Å². The van der Waals surface area contributed by atoms with Crippen LogP contribution in [0.4, 0.5) is 0 Å². The summed E-state index contributed by atoms with van der Waals surface area (Å²) in [4.78, 5) is 14.7. The van der Waals surface area contributed by atoms with Crippen LogP contribution >= 0.6 is 11.6 Å². The van der Waals surface area contributed by atoms with E-state index in [1.165, 1.54) is 6.42 Å². The number of aromatic nitrogens is 2. The van der Waals surface area contributed by atoms with Gasteiger partial charge < -0.3 is 10.2 Å². The molecule has 2 saturated heterocycles. The zero-order valence-electron chi connectivity index (χ0n) is 12.0. The van der Waals surface area contributed by atoms with Crippen LogP contribution in [0.2, 0.25) is 5.15 Å². The van der Waals surface area contributed by atoms with E-state index in [0.29, 0.717) is 22.7 Å². The van der Waals surface area contributed by atoms with Gasteiger partial charge in [-0.2, -0.15) is 5.10 Å². The van der Waals surface area contributed by atoms with E-state index in [2.05, 4.69) is 10.4 Å². The molecule has 0 aromatic carbocycles. The molecule has 20 heavy (non-hydrogen) atoms. The van der Waals surface area contributed by atoms with Gasteiger partial charge in [-0.15, -0.1) is 0 Å². The quantitative estimate of drug-likeness (QED) is 0.907. The van der Waals surface area contributed by atoms with E-state index in [-0.39, 0.29) is 11.9 Å². The van der Waals surface area contributed by atoms with Crippen LogP contribution < -0.4 is 5.32 Å². The number of carbonyl (C=O) groups is 1. The number of rotatable bonds is 2. The number of likely N-dealkylation sites (tertiary alicyclic amines) is 1. The molecule has 0 aliphatic carbocycles. The standard InChI is InChI=1S/C14H21ClN4O/c1-9(2)19-13(15)11(7-17-19)14(20)18-5-3-4-10-6-16-8-12(10)18/h7,9-10,12,16H,3-6,8H2,1-2H3/t10-,12+/m0/s1. The lowest BCUT2D eigenvalue weighted by atomic mass is 9.91. The molecule has 0 spiro atoms. The highest BCUT2D eigenvalue weighted by Gasteiger charge is 2.38. The summed E-state index contributed by atoms with van der Waals surface area (Å²) in [5.41, 5.74) is 0.535. The Morgan fingerprint density at radius 1 is 1.50 bits per heavy atom. The minimum Gasteiger partial charge on any atom is -0.334 e. The van der Waals surface area contributed by atoms with Crippen LogP contribution in [0.5, 0.6) is 0 Å². The molecule has 1 N–H and O–H groups in total. The topological polar surface area (TPSA) is 50.2 Å². The predicted molar refractivity (Wildman–Crippen MR) is 78.0 cm³/mol. The minimum atomic E-state index is 0.0281. The zero-order chi connectivity index (χ0) is 14.3. The Morgan fingerprint density at radius 2 is 2.30 bits per heavy atom. The lowest BCUT2D eigenvalue weighted by Gasteiger charge is -2.36. The number of carbonyl (C=O) groups excluding carboxylic acids is 1. The maximum Gasteiger partial charge on any atom is 0.258 e. The number of hydrogen-bond donors (Lipinski definition) is 1. The number of nitrogens with zero attached hydrogens (tertiary/aromatic N) is 3. The van der Waals surface area contributed by atoms with Crippen molar-refractivity contribution in [2.24, 2.45) is 5.92 Å². The third-order valence-corrected chi connectivity index (χ3v) is 4.77. The molecule has 2 aliphatic heterocycles. The van der Waals surface area contributed by atoms with Gasteiger partial charge in [0.1, 0.15) is 5.15 Å². The van der Waals surface area contributed by atoms with E-state index in [4.69, 9.17) is 11.6 Å². The second kappa shape index (κ2) is 5.37. The summed E-state index contributed by atoms with van der Waals surface area (Å²) in [5.74, 6) is 0.618. The van der Waals surface area contributed by atoms with Crippen LogP contribution in [-0.2, 0) is 0 Å². The molecule has 0 unspecified atom stereocenters. The second-order valence-electron chi connectivity index (χ2n) is 6.01. The molecule has 110 valence electrons. The highest BCUT2D eigenvalue weighted by Crippen LogP contribution is 2.29. The number of fused-ring (bicyclic) bond motifs is 1. The third-order valence-electron chi connectivity index (χ3n) is 4.39. The molecule has 0 saturated carbocycles. The predicted octanol–water partition coefficient (Wildman–Crippen LogP) is 1.94. The SMILES string of the molecule is CC(C)n1ncc(C(=O)N2CCC[C@H]3CNC[C@H]32)c1Cl. The Hall–Kier alpha value is -1.07.